The molecule has 0 spiro atoms. The summed E-state index contributed by atoms with van der Waals surface area (Å²) in [5.74, 6) is 0. The number of methoxy groups -OCH3 is 2. The number of ether oxygens (including phenoxy) is 2. The first-order chi connectivity index (χ1) is 9.17. The highest BCUT2D eigenvalue weighted by atomic mass is 28.4. The minimum absolute atomic E-state index is 0.727. The van der Waals surface area contributed by atoms with Gasteiger partial charge in [0.05, 0.1) is 13.2 Å². The van der Waals surface area contributed by atoms with Gasteiger partial charge in [0.15, 0.2) is 0 Å². The maximum atomic E-state index is 5.41. The number of rotatable bonds is 13. The molecule has 0 saturated heterocycles. The Hall–Kier alpha value is -0.0231. The molecule has 0 aromatic carbocycles. The first-order valence-corrected chi connectivity index (χ1v) is 8.47. The molecule has 0 atom stereocenters. The Morgan fingerprint density at radius 2 is 1.21 bits per heavy atom. The average Bonchev–Trinajstić information content (AvgIpc) is 2.46. The van der Waals surface area contributed by atoms with E-state index in [-0.39, 0.29) is 0 Å². The maximum Gasteiger partial charge on any atom is 0.500 e. The van der Waals surface area contributed by atoms with Crippen LogP contribution in [-0.2, 0) is 22.8 Å². The standard InChI is InChI=1S/C12H29NO5Si/c1-14-10-8-13(9-11-15-2)7-6-12-19(16-3,17-4)18-5/h6-12H2,1-5H3. The minimum Gasteiger partial charge on any atom is -0.383 e. The van der Waals surface area contributed by atoms with Gasteiger partial charge in [-0.3, -0.25) is 4.90 Å². The lowest BCUT2D eigenvalue weighted by Gasteiger charge is -2.26. The summed E-state index contributed by atoms with van der Waals surface area (Å²) in [6.07, 6.45) is 0.967. The van der Waals surface area contributed by atoms with Gasteiger partial charge in [0.25, 0.3) is 0 Å². The molecule has 0 aliphatic rings. The third-order valence-corrected chi connectivity index (χ3v) is 5.95. The van der Waals surface area contributed by atoms with Gasteiger partial charge in [0, 0.05) is 54.7 Å². The fourth-order valence-electron chi connectivity index (χ4n) is 1.85. The predicted molar refractivity (Wildman–Crippen MR) is 76.4 cm³/mol. The maximum absolute atomic E-state index is 5.41. The molecule has 0 aliphatic carbocycles. The van der Waals surface area contributed by atoms with E-state index >= 15 is 0 Å². The van der Waals surface area contributed by atoms with Gasteiger partial charge < -0.3 is 22.8 Å². The van der Waals surface area contributed by atoms with Crippen molar-refractivity contribution < 1.29 is 22.8 Å². The molecule has 0 bridgehead atoms. The second-order valence-electron chi connectivity index (χ2n) is 4.23. The Labute approximate surface area is 118 Å². The van der Waals surface area contributed by atoms with Crippen molar-refractivity contribution in [3.63, 3.8) is 0 Å². The number of nitrogens with zero attached hydrogens (tertiary/aromatic N) is 1. The van der Waals surface area contributed by atoms with Gasteiger partial charge >= 0.3 is 8.80 Å². The van der Waals surface area contributed by atoms with Crippen molar-refractivity contribution in [2.45, 2.75) is 12.5 Å². The van der Waals surface area contributed by atoms with Crippen LogP contribution in [0.15, 0.2) is 0 Å². The molecule has 0 heterocycles. The first-order valence-electron chi connectivity index (χ1n) is 6.53. The van der Waals surface area contributed by atoms with Crippen LogP contribution >= 0.6 is 0 Å². The van der Waals surface area contributed by atoms with Crippen molar-refractivity contribution >= 4 is 8.80 Å². The van der Waals surface area contributed by atoms with E-state index in [1.165, 1.54) is 0 Å². The van der Waals surface area contributed by atoms with E-state index in [9.17, 15) is 0 Å². The van der Waals surface area contributed by atoms with E-state index in [2.05, 4.69) is 4.90 Å². The third-order valence-electron chi connectivity index (χ3n) is 3.11. The summed E-state index contributed by atoms with van der Waals surface area (Å²) in [5.41, 5.74) is 0. The zero-order valence-corrected chi connectivity index (χ0v) is 13.9. The molecular weight excluding hydrogens is 266 g/mol. The van der Waals surface area contributed by atoms with Crippen LogP contribution in [0.4, 0.5) is 0 Å². The third kappa shape index (κ3) is 7.98. The molecule has 19 heavy (non-hydrogen) atoms. The predicted octanol–water partition coefficient (Wildman–Crippen LogP) is 0.849. The molecule has 0 aliphatic heterocycles. The largest absolute Gasteiger partial charge is 0.500 e. The van der Waals surface area contributed by atoms with Crippen molar-refractivity contribution in [3.05, 3.63) is 0 Å². The zero-order chi connectivity index (χ0) is 14.6. The SMILES string of the molecule is COCCN(CCC[Si](OC)(OC)OC)CCOC. The Bertz CT molecular complexity index is 188. The summed E-state index contributed by atoms with van der Waals surface area (Å²) < 4.78 is 26.5. The molecule has 0 fully saturated rings. The summed E-state index contributed by atoms with van der Waals surface area (Å²) in [6.45, 7) is 4.22. The van der Waals surface area contributed by atoms with Gasteiger partial charge in [-0.05, 0) is 13.0 Å². The summed E-state index contributed by atoms with van der Waals surface area (Å²) in [4.78, 5) is 2.31. The Morgan fingerprint density at radius 3 is 1.58 bits per heavy atom. The molecule has 7 heteroatoms. The molecule has 116 valence electrons. The smallest absolute Gasteiger partial charge is 0.383 e. The van der Waals surface area contributed by atoms with E-state index in [1.54, 1.807) is 35.5 Å². The molecule has 0 N–H and O–H groups in total. The van der Waals surface area contributed by atoms with Crippen molar-refractivity contribution in [1.82, 2.24) is 4.90 Å². The minimum atomic E-state index is -2.44. The summed E-state index contributed by atoms with van der Waals surface area (Å²) >= 11 is 0. The Kier molecular flexibility index (Phi) is 11.8. The van der Waals surface area contributed by atoms with Gasteiger partial charge in [0.1, 0.15) is 0 Å². The zero-order valence-electron chi connectivity index (χ0n) is 12.9. The lowest BCUT2D eigenvalue weighted by molar-refractivity contribution is 0.107. The lowest BCUT2D eigenvalue weighted by Crippen LogP contribution is -2.43. The van der Waals surface area contributed by atoms with Crippen molar-refractivity contribution in [2.24, 2.45) is 0 Å². The highest BCUT2D eigenvalue weighted by Gasteiger charge is 2.36. The van der Waals surface area contributed by atoms with Crippen LogP contribution in [0.5, 0.6) is 0 Å². The highest BCUT2D eigenvalue weighted by molar-refractivity contribution is 6.60. The lowest BCUT2D eigenvalue weighted by atomic mass is 10.4. The molecule has 0 amide bonds. The Balaban J connectivity index is 4.07. The van der Waals surface area contributed by atoms with Crippen LogP contribution in [0.3, 0.4) is 0 Å². The summed E-state index contributed by atoms with van der Waals surface area (Å²) in [6, 6.07) is 0.812. The normalized spacial score (nSPS) is 12.3. The molecule has 6 nitrogen and oxygen atoms in total. The fourth-order valence-corrected chi connectivity index (χ4v) is 3.56. The van der Waals surface area contributed by atoms with Crippen LogP contribution in [0.25, 0.3) is 0 Å². The van der Waals surface area contributed by atoms with Crippen LogP contribution in [-0.4, -0.2) is 82.1 Å². The van der Waals surface area contributed by atoms with E-state index in [0.717, 1.165) is 45.3 Å². The highest BCUT2D eigenvalue weighted by Crippen LogP contribution is 2.15. The van der Waals surface area contributed by atoms with Gasteiger partial charge in [-0.15, -0.1) is 0 Å². The van der Waals surface area contributed by atoms with Crippen LogP contribution in [0, 0.1) is 0 Å². The molecular formula is C12H29NO5Si. The molecule has 0 radical (unpaired) electrons. The number of hydrogen-bond acceptors (Lipinski definition) is 6. The first kappa shape index (κ1) is 19.0. The average molecular weight is 295 g/mol. The fraction of sp³-hybridized carbons (Fsp3) is 1.00. The van der Waals surface area contributed by atoms with Crippen LogP contribution in [0.2, 0.25) is 6.04 Å². The Morgan fingerprint density at radius 1 is 0.737 bits per heavy atom. The van der Waals surface area contributed by atoms with E-state index in [4.69, 9.17) is 22.8 Å². The van der Waals surface area contributed by atoms with Gasteiger partial charge in [-0.2, -0.15) is 0 Å². The topological polar surface area (TPSA) is 49.4 Å². The molecule has 0 aromatic heterocycles. The van der Waals surface area contributed by atoms with Gasteiger partial charge in [-0.25, -0.2) is 0 Å². The molecule has 0 rings (SSSR count). The molecule has 0 aromatic rings. The van der Waals surface area contributed by atoms with Crippen molar-refractivity contribution in [2.75, 3.05) is 68.4 Å². The monoisotopic (exact) mass is 295 g/mol. The number of hydrogen-bond donors (Lipinski definition) is 0. The van der Waals surface area contributed by atoms with E-state index in [0.29, 0.717) is 0 Å². The van der Waals surface area contributed by atoms with Crippen molar-refractivity contribution in [3.8, 4) is 0 Å². The van der Waals surface area contributed by atoms with Gasteiger partial charge in [0.2, 0.25) is 0 Å². The van der Waals surface area contributed by atoms with E-state index < -0.39 is 8.80 Å². The quantitative estimate of drug-likeness (QED) is 0.470. The van der Waals surface area contributed by atoms with Crippen LogP contribution < -0.4 is 0 Å². The van der Waals surface area contributed by atoms with Gasteiger partial charge in [-0.1, -0.05) is 0 Å². The van der Waals surface area contributed by atoms with E-state index in [1.807, 2.05) is 0 Å². The summed E-state index contributed by atoms with van der Waals surface area (Å²) in [7, 11) is 5.93. The molecule has 0 saturated carbocycles. The molecule has 0 unspecified atom stereocenters. The van der Waals surface area contributed by atoms with Crippen molar-refractivity contribution in [1.29, 1.82) is 0 Å². The second kappa shape index (κ2) is 11.8. The van der Waals surface area contributed by atoms with Crippen LogP contribution in [0.1, 0.15) is 6.42 Å². The summed E-state index contributed by atoms with van der Waals surface area (Å²) in [5, 5.41) is 0. The second-order valence-corrected chi connectivity index (χ2v) is 7.32.